The second kappa shape index (κ2) is 8.55. The van der Waals surface area contributed by atoms with Crippen molar-refractivity contribution >= 4 is 11.0 Å². The van der Waals surface area contributed by atoms with E-state index in [2.05, 4.69) is 41.2 Å². The third-order valence-electron chi connectivity index (χ3n) is 5.99. The average Bonchev–Trinajstić information content (AvgIpc) is 3.25. The molecule has 0 saturated carbocycles. The highest BCUT2D eigenvalue weighted by molar-refractivity contribution is 5.96. The van der Waals surface area contributed by atoms with E-state index >= 15 is 0 Å². The van der Waals surface area contributed by atoms with Crippen molar-refractivity contribution in [1.82, 2.24) is 9.97 Å². The molecule has 0 amide bonds. The molecule has 2 aromatic heterocycles. The second-order valence-corrected chi connectivity index (χ2v) is 8.12. The molecule has 0 unspecified atom stereocenters. The second-order valence-electron chi connectivity index (χ2n) is 8.12. The lowest BCUT2D eigenvalue weighted by atomic mass is 10.0. The van der Waals surface area contributed by atoms with Gasteiger partial charge in [0.15, 0.2) is 11.5 Å². The van der Waals surface area contributed by atoms with Crippen molar-refractivity contribution in [2.45, 2.75) is 25.9 Å². The van der Waals surface area contributed by atoms with Gasteiger partial charge in [-0.1, -0.05) is 12.1 Å². The standard InChI is InChI=1S/C26H26N2O4/c1-16-11-18(4-6-24(16)32-20-7-9-31-10-8-20)22-15-28-26-21(22)12-19(14-27-26)17-3-5-23(29)25(13-17)30-2/h3-6,11-15,20,29H,7-10H2,1-2H3,(H,27,28). The van der Waals surface area contributed by atoms with Crippen LogP contribution in [0.4, 0.5) is 0 Å². The third kappa shape index (κ3) is 3.89. The number of pyridine rings is 1. The Morgan fingerprint density at radius 3 is 2.59 bits per heavy atom. The molecular weight excluding hydrogens is 404 g/mol. The summed E-state index contributed by atoms with van der Waals surface area (Å²) in [6, 6.07) is 13.7. The molecule has 2 N–H and O–H groups in total. The monoisotopic (exact) mass is 430 g/mol. The number of hydrogen-bond acceptors (Lipinski definition) is 5. The number of aromatic amines is 1. The first-order valence-corrected chi connectivity index (χ1v) is 10.8. The highest BCUT2D eigenvalue weighted by Crippen LogP contribution is 2.36. The molecule has 0 aliphatic carbocycles. The van der Waals surface area contributed by atoms with Crippen molar-refractivity contribution in [3.8, 4) is 39.5 Å². The molecule has 3 heterocycles. The Balaban J connectivity index is 1.48. The number of ether oxygens (including phenoxy) is 3. The summed E-state index contributed by atoms with van der Waals surface area (Å²) in [5.74, 6) is 1.48. The number of aromatic nitrogens is 2. The fourth-order valence-corrected chi connectivity index (χ4v) is 4.18. The molecule has 164 valence electrons. The van der Waals surface area contributed by atoms with Crippen LogP contribution in [0.25, 0.3) is 33.3 Å². The van der Waals surface area contributed by atoms with Gasteiger partial charge in [0.05, 0.1) is 20.3 Å². The first-order chi connectivity index (χ1) is 15.6. The Kier molecular flexibility index (Phi) is 5.45. The number of fused-ring (bicyclic) bond motifs is 1. The van der Waals surface area contributed by atoms with E-state index in [1.165, 1.54) is 0 Å². The summed E-state index contributed by atoms with van der Waals surface area (Å²) in [7, 11) is 1.54. The van der Waals surface area contributed by atoms with Gasteiger partial charge in [-0.15, -0.1) is 0 Å². The van der Waals surface area contributed by atoms with Crippen LogP contribution in [-0.2, 0) is 4.74 Å². The maximum Gasteiger partial charge on any atom is 0.161 e. The first kappa shape index (κ1) is 20.4. The van der Waals surface area contributed by atoms with Gasteiger partial charge in [-0.2, -0.15) is 0 Å². The molecule has 0 atom stereocenters. The van der Waals surface area contributed by atoms with E-state index in [-0.39, 0.29) is 11.9 Å². The van der Waals surface area contributed by atoms with Crippen LogP contribution in [0.15, 0.2) is 54.9 Å². The number of nitrogens with zero attached hydrogens (tertiary/aromatic N) is 1. The Labute approximate surface area is 186 Å². The quantitative estimate of drug-likeness (QED) is 0.439. The van der Waals surface area contributed by atoms with E-state index in [1.54, 1.807) is 13.2 Å². The first-order valence-electron chi connectivity index (χ1n) is 10.8. The van der Waals surface area contributed by atoms with Crippen LogP contribution in [0.1, 0.15) is 18.4 Å². The molecule has 32 heavy (non-hydrogen) atoms. The van der Waals surface area contributed by atoms with E-state index in [4.69, 9.17) is 14.2 Å². The van der Waals surface area contributed by atoms with Gasteiger partial charge in [0.2, 0.25) is 0 Å². The highest BCUT2D eigenvalue weighted by atomic mass is 16.5. The summed E-state index contributed by atoms with van der Waals surface area (Å²) in [6.45, 7) is 3.61. The predicted molar refractivity (Wildman–Crippen MR) is 124 cm³/mol. The summed E-state index contributed by atoms with van der Waals surface area (Å²) < 4.78 is 16.9. The van der Waals surface area contributed by atoms with Gasteiger partial charge in [0.25, 0.3) is 0 Å². The molecule has 2 aromatic carbocycles. The lowest BCUT2D eigenvalue weighted by Crippen LogP contribution is -2.26. The molecule has 1 aliphatic heterocycles. The number of rotatable bonds is 5. The van der Waals surface area contributed by atoms with Crippen molar-refractivity contribution in [1.29, 1.82) is 0 Å². The van der Waals surface area contributed by atoms with Crippen LogP contribution in [0, 0.1) is 6.92 Å². The summed E-state index contributed by atoms with van der Waals surface area (Å²) in [5.41, 5.74) is 6.01. The zero-order valence-corrected chi connectivity index (χ0v) is 18.2. The maximum atomic E-state index is 9.90. The van der Waals surface area contributed by atoms with Crippen molar-refractivity contribution in [3.63, 3.8) is 0 Å². The molecule has 6 nitrogen and oxygen atoms in total. The van der Waals surface area contributed by atoms with Crippen LogP contribution in [0.2, 0.25) is 0 Å². The number of aromatic hydroxyl groups is 1. The van der Waals surface area contributed by atoms with E-state index in [0.717, 1.165) is 70.7 Å². The van der Waals surface area contributed by atoms with Crippen molar-refractivity contribution in [3.05, 3.63) is 60.4 Å². The normalized spacial score (nSPS) is 14.6. The van der Waals surface area contributed by atoms with Crippen molar-refractivity contribution < 1.29 is 19.3 Å². The molecule has 0 spiro atoms. The molecule has 1 saturated heterocycles. The van der Waals surface area contributed by atoms with E-state index in [9.17, 15) is 5.11 Å². The summed E-state index contributed by atoms with van der Waals surface area (Å²) in [6.07, 6.45) is 5.90. The molecule has 0 radical (unpaired) electrons. The van der Waals surface area contributed by atoms with Crippen molar-refractivity contribution in [2.24, 2.45) is 0 Å². The van der Waals surface area contributed by atoms with Crippen LogP contribution >= 0.6 is 0 Å². The molecule has 1 fully saturated rings. The maximum absolute atomic E-state index is 9.90. The molecule has 0 bridgehead atoms. The lowest BCUT2D eigenvalue weighted by Gasteiger charge is -2.24. The van der Waals surface area contributed by atoms with Gasteiger partial charge < -0.3 is 24.3 Å². The van der Waals surface area contributed by atoms with Crippen LogP contribution in [0.5, 0.6) is 17.2 Å². The average molecular weight is 431 g/mol. The number of H-pyrrole nitrogens is 1. The van der Waals surface area contributed by atoms with Gasteiger partial charge in [0, 0.05) is 41.7 Å². The topological polar surface area (TPSA) is 76.6 Å². The Bertz CT molecular complexity index is 1260. The Hall–Kier alpha value is -3.51. The van der Waals surface area contributed by atoms with Gasteiger partial charge in [0.1, 0.15) is 17.5 Å². The predicted octanol–water partition coefficient (Wildman–Crippen LogP) is 5.48. The fourth-order valence-electron chi connectivity index (χ4n) is 4.18. The zero-order chi connectivity index (χ0) is 22.1. The summed E-state index contributed by atoms with van der Waals surface area (Å²) in [5, 5.41) is 10.9. The van der Waals surface area contributed by atoms with Crippen LogP contribution in [0.3, 0.4) is 0 Å². The number of benzene rings is 2. The largest absolute Gasteiger partial charge is 0.504 e. The third-order valence-corrected chi connectivity index (χ3v) is 5.99. The van der Waals surface area contributed by atoms with Crippen LogP contribution in [-0.4, -0.2) is 41.5 Å². The number of phenolic OH excluding ortho intramolecular Hbond substituents is 1. The summed E-state index contributed by atoms with van der Waals surface area (Å²) >= 11 is 0. The lowest BCUT2D eigenvalue weighted by molar-refractivity contribution is 0.0253. The fraction of sp³-hybridized carbons (Fsp3) is 0.269. The van der Waals surface area contributed by atoms with E-state index in [1.807, 2.05) is 24.5 Å². The molecular formula is C26H26N2O4. The minimum Gasteiger partial charge on any atom is -0.504 e. The highest BCUT2D eigenvalue weighted by Gasteiger charge is 2.17. The van der Waals surface area contributed by atoms with Gasteiger partial charge in [-0.05, 0) is 53.9 Å². The smallest absolute Gasteiger partial charge is 0.161 e. The number of nitrogens with one attached hydrogen (secondary N) is 1. The van der Waals surface area contributed by atoms with Gasteiger partial charge in [-0.25, -0.2) is 4.98 Å². The zero-order valence-electron chi connectivity index (χ0n) is 18.2. The number of phenols is 1. The Morgan fingerprint density at radius 1 is 1.00 bits per heavy atom. The number of methoxy groups -OCH3 is 1. The van der Waals surface area contributed by atoms with Crippen LogP contribution < -0.4 is 9.47 Å². The molecule has 6 heteroatoms. The van der Waals surface area contributed by atoms with E-state index < -0.39 is 0 Å². The van der Waals surface area contributed by atoms with E-state index in [0.29, 0.717) is 5.75 Å². The SMILES string of the molecule is COc1cc(-c2cnc3[nH]cc(-c4ccc(OC5CCOCC5)c(C)c4)c3c2)ccc1O. The number of aryl methyl sites for hydroxylation is 1. The number of hydrogen-bond donors (Lipinski definition) is 2. The minimum absolute atomic E-state index is 0.117. The summed E-state index contributed by atoms with van der Waals surface area (Å²) in [4.78, 5) is 7.88. The molecule has 1 aliphatic rings. The van der Waals surface area contributed by atoms with Gasteiger partial charge in [-0.3, -0.25) is 0 Å². The molecule has 5 rings (SSSR count). The van der Waals surface area contributed by atoms with Gasteiger partial charge >= 0.3 is 0 Å². The van der Waals surface area contributed by atoms with Crippen molar-refractivity contribution in [2.75, 3.05) is 20.3 Å². The Morgan fingerprint density at radius 2 is 1.81 bits per heavy atom. The molecule has 4 aromatic rings. The minimum atomic E-state index is 0.117.